The van der Waals surface area contributed by atoms with E-state index in [4.69, 9.17) is 9.47 Å². The van der Waals surface area contributed by atoms with E-state index >= 15 is 0 Å². The van der Waals surface area contributed by atoms with Gasteiger partial charge in [0.2, 0.25) is 10.0 Å². The van der Waals surface area contributed by atoms with Crippen molar-refractivity contribution >= 4 is 32.4 Å². The molecule has 1 aromatic heterocycles. The summed E-state index contributed by atoms with van der Waals surface area (Å²) in [6.07, 6.45) is 0. The van der Waals surface area contributed by atoms with Crippen LogP contribution in [0.1, 0.15) is 10.4 Å². The van der Waals surface area contributed by atoms with Gasteiger partial charge in [0.25, 0.3) is 5.91 Å². The van der Waals surface area contributed by atoms with E-state index in [-0.39, 0.29) is 10.5 Å². The topological polar surface area (TPSA) is 97.8 Å². The Morgan fingerprint density at radius 1 is 1.10 bits per heavy atom. The Morgan fingerprint density at radius 3 is 2.63 bits per heavy atom. The number of nitrogens with one attached hydrogen (secondary N) is 1. The number of hydrogen-bond donors (Lipinski definition) is 1. The molecule has 8 nitrogen and oxygen atoms in total. The molecule has 0 bridgehead atoms. The van der Waals surface area contributed by atoms with E-state index in [0.717, 1.165) is 9.87 Å². The molecule has 0 saturated heterocycles. The van der Waals surface area contributed by atoms with Crippen LogP contribution in [0.25, 0.3) is 11.3 Å². The number of ether oxygens (including phenoxy) is 2. The van der Waals surface area contributed by atoms with Crippen LogP contribution in [0.5, 0.6) is 11.5 Å². The van der Waals surface area contributed by atoms with Crippen LogP contribution in [0.15, 0.2) is 52.7 Å². The standard InChI is InChI=1S/C20H19N3O5S2/c1-23(2)30(25,26)15-5-3-4-14(10-15)19(24)22-20-21-16(12-29-20)13-6-7-17-18(11-13)28-9-8-27-17/h3-7,10-12H,8-9H2,1-2H3,(H,21,22,24). The molecule has 0 aliphatic carbocycles. The molecule has 0 radical (unpaired) electrons. The van der Waals surface area contributed by atoms with Crippen molar-refractivity contribution in [3.63, 3.8) is 0 Å². The molecule has 0 saturated carbocycles. The van der Waals surface area contributed by atoms with Crippen LogP contribution in [0.4, 0.5) is 5.13 Å². The number of benzene rings is 2. The van der Waals surface area contributed by atoms with Crippen LogP contribution in [-0.2, 0) is 10.0 Å². The monoisotopic (exact) mass is 445 g/mol. The van der Waals surface area contributed by atoms with Crippen LogP contribution in [0.2, 0.25) is 0 Å². The van der Waals surface area contributed by atoms with E-state index in [1.54, 1.807) is 6.07 Å². The molecule has 2 heterocycles. The third-order valence-corrected chi connectivity index (χ3v) is 7.01. The molecule has 1 amide bonds. The first-order chi connectivity index (χ1) is 14.3. The molecule has 1 aliphatic rings. The van der Waals surface area contributed by atoms with Crippen LogP contribution < -0.4 is 14.8 Å². The predicted octanol–water partition coefficient (Wildman–Crippen LogP) is 3.08. The second-order valence-corrected chi connectivity index (χ2v) is 9.68. The van der Waals surface area contributed by atoms with Gasteiger partial charge < -0.3 is 9.47 Å². The highest BCUT2D eigenvalue weighted by atomic mass is 32.2. The SMILES string of the molecule is CN(C)S(=O)(=O)c1cccc(C(=O)Nc2nc(-c3ccc4c(c3)OCCO4)cs2)c1. The van der Waals surface area contributed by atoms with E-state index in [9.17, 15) is 13.2 Å². The molecule has 2 aromatic carbocycles. The maximum Gasteiger partial charge on any atom is 0.257 e. The fourth-order valence-corrected chi connectivity index (χ4v) is 4.51. The molecule has 4 rings (SSSR count). The fourth-order valence-electron chi connectivity index (χ4n) is 2.84. The van der Waals surface area contributed by atoms with Crippen LogP contribution in [0, 0.1) is 0 Å². The summed E-state index contributed by atoms with van der Waals surface area (Å²) in [5.41, 5.74) is 1.76. The summed E-state index contributed by atoms with van der Waals surface area (Å²) in [5.74, 6) is 0.923. The van der Waals surface area contributed by atoms with Crippen molar-refractivity contribution in [1.29, 1.82) is 0 Å². The van der Waals surface area contributed by atoms with Crippen molar-refractivity contribution in [3.8, 4) is 22.8 Å². The summed E-state index contributed by atoms with van der Waals surface area (Å²) in [6, 6.07) is 11.5. The van der Waals surface area contributed by atoms with Gasteiger partial charge in [0.1, 0.15) is 13.2 Å². The van der Waals surface area contributed by atoms with Crippen LogP contribution in [0.3, 0.4) is 0 Å². The number of rotatable bonds is 5. The van der Waals surface area contributed by atoms with E-state index < -0.39 is 15.9 Å². The highest BCUT2D eigenvalue weighted by Crippen LogP contribution is 2.35. The minimum atomic E-state index is -3.63. The molecule has 156 valence electrons. The van der Waals surface area contributed by atoms with Crippen LogP contribution in [-0.4, -0.2) is 50.9 Å². The highest BCUT2D eigenvalue weighted by molar-refractivity contribution is 7.89. The van der Waals surface area contributed by atoms with Gasteiger partial charge in [0, 0.05) is 30.6 Å². The average molecular weight is 446 g/mol. The largest absolute Gasteiger partial charge is 0.486 e. The minimum absolute atomic E-state index is 0.0521. The maximum absolute atomic E-state index is 12.6. The van der Waals surface area contributed by atoms with E-state index in [1.807, 2.05) is 23.6 Å². The molecular formula is C20H19N3O5S2. The van der Waals surface area contributed by atoms with Crippen LogP contribution >= 0.6 is 11.3 Å². The number of carbonyl (C=O) groups excluding carboxylic acids is 1. The Balaban J connectivity index is 1.52. The third kappa shape index (κ3) is 4.02. The maximum atomic E-state index is 12.6. The lowest BCUT2D eigenvalue weighted by atomic mass is 10.1. The summed E-state index contributed by atoms with van der Waals surface area (Å²) in [5, 5.41) is 4.96. The van der Waals surface area contributed by atoms with E-state index in [2.05, 4.69) is 10.3 Å². The molecule has 0 atom stereocenters. The second-order valence-electron chi connectivity index (χ2n) is 6.67. The molecule has 0 unspecified atom stereocenters. The Bertz CT molecular complexity index is 1200. The summed E-state index contributed by atoms with van der Waals surface area (Å²) in [6.45, 7) is 1.02. The Morgan fingerprint density at radius 2 is 1.87 bits per heavy atom. The first kappa shape index (κ1) is 20.3. The second kappa shape index (κ2) is 8.05. The lowest BCUT2D eigenvalue weighted by Crippen LogP contribution is -2.22. The molecule has 30 heavy (non-hydrogen) atoms. The third-order valence-electron chi connectivity index (χ3n) is 4.44. The van der Waals surface area contributed by atoms with Crippen molar-refractivity contribution in [3.05, 3.63) is 53.4 Å². The average Bonchev–Trinajstić information content (AvgIpc) is 3.21. The molecule has 0 fully saturated rings. The summed E-state index contributed by atoms with van der Waals surface area (Å²) in [4.78, 5) is 17.1. The van der Waals surface area contributed by atoms with Crippen molar-refractivity contribution < 1.29 is 22.7 Å². The Labute approximate surface area is 178 Å². The predicted molar refractivity (Wildman–Crippen MR) is 114 cm³/mol. The zero-order chi connectivity index (χ0) is 21.3. The lowest BCUT2D eigenvalue weighted by molar-refractivity contribution is 0.102. The van der Waals surface area contributed by atoms with Gasteiger partial charge >= 0.3 is 0 Å². The Kier molecular flexibility index (Phi) is 5.46. The van der Waals surface area contributed by atoms with Gasteiger partial charge in [-0.1, -0.05) is 6.07 Å². The van der Waals surface area contributed by atoms with Gasteiger partial charge in [0.15, 0.2) is 16.6 Å². The number of anilines is 1. The minimum Gasteiger partial charge on any atom is -0.486 e. The van der Waals surface area contributed by atoms with Gasteiger partial charge in [-0.3, -0.25) is 10.1 Å². The van der Waals surface area contributed by atoms with Gasteiger partial charge in [0.05, 0.1) is 10.6 Å². The number of thiazole rings is 1. The molecule has 0 spiro atoms. The summed E-state index contributed by atoms with van der Waals surface area (Å²) in [7, 11) is -0.744. The van der Waals surface area contributed by atoms with Gasteiger partial charge in [-0.15, -0.1) is 11.3 Å². The molecule has 3 aromatic rings. The van der Waals surface area contributed by atoms with Gasteiger partial charge in [-0.05, 0) is 36.4 Å². The zero-order valence-corrected chi connectivity index (χ0v) is 17.9. The molecular weight excluding hydrogens is 426 g/mol. The zero-order valence-electron chi connectivity index (χ0n) is 16.3. The van der Waals surface area contributed by atoms with Crippen molar-refractivity contribution in [1.82, 2.24) is 9.29 Å². The van der Waals surface area contributed by atoms with Crippen molar-refractivity contribution in [2.45, 2.75) is 4.90 Å². The molecule has 1 aliphatic heterocycles. The van der Waals surface area contributed by atoms with Crippen molar-refractivity contribution in [2.75, 3.05) is 32.6 Å². The first-order valence-corrected chi connectivity index (χ1v) is 11.4. The first-order valence-electron chi connectivity index (χ1n) is 9.04. The number of aromatic nitrogens is 1. The number of amides is 1. The number of hydrogen-bond acceptors (Lipinski definition) is 7. The summed E-state index contributed by atoms with van der Waals surface area (Å²) >= 11 is 1.28. The van der Waals surface area contributed by atoms with E-state index in [1.165, 1.54) is 43.6 Å². The number of nitrogens with zero attached hydrogens (tertiary/aromatic N) is 2. The fraction of sp³-hybridized carbons (Fsp3) is 0.200. The van der Waals surface area contributed by atoms with Gasteiger partial charge in [-0.2, -0.15) is 0 Å². The lowest BCUT2D eigenvalue weighted by Gasteiger charge is -2.18. The summed E-state index contributed by atoms with van der Waals surface area (Å²) < 4.78 is 36.8. The quantitative estimate of drug-likeness (QED) is 0.648. The van der Waals surface area contributed by atoms with E-state index in [0.29, 0.717) is 35.5 Å². The normalized spacial score (nSPS) is 13.3. The number of fused-ring (bicyclic) bond motifs is 1. The van der Waals surface area contributed by atoms with Gasteiger partial charge in [-0.25, -0.2) is 17.7 Å². The number of carbonyl (C=O) groups is 1. The molecule has 10 heteroatoms. The Hall–Kier alpha value is -2.95. The molecule has 1 N–H and O–H groups in total. The van der Waals surface area contributed by atoms with Crippen molar-refractivity contribution in [2.24, 2.45) is 0 Å². The smallest absolute Gasteiger partial charge is 0.257 e. The highest BCUT2D eigenvalue weighted by Gasteiger charge is 2.19. The number of sulfonamides is 1.